The van der Waals surface area contributed by atoms with Crippen molar-refractivity contribution in [1.29, 1.82) is 0 Å². The molecule has 0 fully saturated rings. The van der Waals surface area contributed by atoms with Crippen molar-refractivity contribution < 1.29 is 24.2 Å². The number of pyridine rings is 1. The predicted molar refractivity (Wildman–Crippen MR) is 115 cm³/mol. The van der Waals surface area contributed by atoms with Crippen molar-refractivity contribution in [1.82, 2.24) is 9.88 Å². The third-order valence-electron chi connectivity index (χ3n) is 4.64. The molecule has 0 aliphatic heterocycles. The normalized spacial score (nSPS) is 11.4. The Kier molecular flexibility index (Phi) is 7.59. The highest BCUT2D eigenvalue weighted by atomic mass is 16.6. The minimum Gasteiger partial charge on any atom is -0.493 e. The van der Waals surface area contributed by atoms with E-state index in [0.717, 1.165) is 11.3 Å². The average molecular weight is 420 g/mol. The molecule has 1 amide bonds. The third-order valence-corrected chi connectivity index (χ3v) is 4.64. The van der Waals surface area contributed by atoms with E-state index in [9.17, 15) is 14.7 Å². The average Bonchev–Trinajstić information content (AvgIpc) is 2.79. The third kappa shape index (κ3) is 6.57. The smallest absolute Gasteiger partial charge is 0.416 e. The number of amides is 1. The summed E-state index contributed by atoms with van der Waals surface area (Å²) in [6.07, 6.45) is 1.71. The lowest BCUT2D eigenvalue weighted by atomic mass is 10.2. The summed E-state index contributed by atoms with van der Waals surface area (Å²) < 4.78 is 11.1. The first kappa shape index (κ1) is 21.8. The molecule has 1 aromatic heterocycles. The maximum atomic E-state index is 12.6. The Morgan fingerprint density at radius 1 is 0.968 bits per heavy atom. The van der Waals surface area contributed by atoms with Crippen molar-refractivity contribution in [3.8, 4) is 11.5 Å². The lowest BCUT2D eigenvalue weighted by Crippen LogP contribution is -2.44. The fourth-order valence-electron chi connectivity index (χ4n) is 2.85. The first-order valence-corrected chi connectivity index (χ1v) is 9.91. The highest BCUT2D eigenvalue weighted by Crippen LogP contribution is 2.18. The molecule has 160 valence electrons. The van der Waals surface area contributed by atoms with E-state index >= 15 is 0 Å². The molecule has 3 rings (SSSR count). The molecule has 0 aliphatic rings. The summed E-state index contributed by atoms with van der Waals surface area (Å²) >= 11 is 0. The molecule has 0 saturated carbocycles. The quantitative estimate of drug-likeness (QED) is 0.559. The predicted octanol–water partition coefficient (Wildman–Crippen LogP) is 4.18. The van der Waals surface area contributed by atoms with Gasteiger partial charge in [0.1, 0.15) is 17.5 Å². The van der Waals surface area contributed by atoms with Crippen LogP contribution in [0.4, 0.5) is 4.79 Å². The number of ether oxygens (including phenoxy) is 2. The number of rotatable bonds is 9. The number of carbonyl (C=O) groups is 2. The van der Waals surface area contributed by atoms with Crippen LogP contribution in [-0.2, 0) is 17.8 Å². The Bertz CT molecular complexity index is 978. The van der Waals surface area contributed by atoms with Gasteiger partial charge in [0.2, 0.25) is 0 Å². The van der Waals surface area contributed by atoms with Gasteiger partial charge in [0, 0.05) is 24.9 Å². The molecular weight excluding hydrogens is 396 g/mol. The number of carboxylic acid groups (broad SMARTS) is 1. The zero-order chi connectivity index (χ0) is 22.1. The van der Waals surface area contributed by atoms with E-state index < -0.39 is 18.1 Å². The second-order valence-corrected chi connectivity index (χ2v) is 6.89. The van der Waals surface area contributed by atoms with Gasteiger partial charge >= 0.3 is 12.1 Å². The minimum atomic E-state index is -1.11. The molecule has 7 heteroatoms. The highest BCUT2D eigenvalue weighted by Gasteiger charge is 2.27. The fourth-order valence-corrected chi connectivity index (χ4v) is 2.85. The van der Waals surface area contributed by atoms with E-state index in [2.05, 4.69) is 4.98 Å². The summed E-state index contributed by atoms with van der Waals surface area (Å²) in [5, 5.41) is 9.41. The van der Waals surface area contributed by atoms with Gasteiger partial charge in [-0.3, -0.25) is 9.88 Å². The van der Waals surface area contributed by atoms with Crippen molar-refractivity contribution in [2.45, 2.75) is 25.9 Å². The zero-order valence-corrected chi connectivity index (χ0v) is 17.2. The topological polar surface area (TPSA) is 89.0 Å². The molecule has 3 aromatic rings. The number of nitrogens with zero attached hydrogens (tertiary/aromatic N) is 2. The molecule has 0 bridgehead atoms. The van der Waals surface area contributed by atoms with Crippen molar-refractivity contribution >= 4 is 12.1 Å². The van der Waals surface area contributed by atoms with E-state index in [1.807, 2.05) is 18.2 Å². The maximum Gasteiger partial charge on any atom is 0.416 e. The largest absolute Gasteiger partial charge is 0.493 e. The van der Waals surface area contributed by atoms with Crippen LogP contribution in [0.2, 0.25) is 0 Å². The highest BCUT2D eigenvalue weighted by molar-refractivity contribution is 5.80. The van der Waals surface area contributed by atoms with Crippen LogP contribution < -0.4 is 9.47 Å². The lowest BCUT2D eigenvalue weighted by Gasteiger charge is -2.25. The van der Waals surface area contributed by atoms with Crippen LogP contribution in [0.15, 0.2) is 79.0 Å². The van der Waals surface area contributed by atoms with Gasteiger partial charge < -0.3 is 14.6 Å². The molecule has 0 radical (unpaired) electrons. The molecule has 0 saturated heterocycles. The summed E-state index contributed by atoms with van der Waals surface area (Å²) in [5.41, 5.74) is 1.71. The van der Waals surface area contributed by atoms with E-state index in [0.29, 0.717) is 24.5 Å². The van der Waals surface area contributed by atoms with Crippen LogP contribution in [0.1, 0.15) is 18.2 Å². The van der Waals surface area contributed by atoms with Gasteiger partial charge in [0.25, 0.3) is 0 Å². The monoisotopic (exact) mass is 420 g/mol. The number of para-hydroxylation sites is 1. The van der Waals surface area contributed by atoms with Gasteiger partial charge in [-0.15, -0.1) is 0 Å². The van der Waals surface area contributed by atoms with E-state index in [-0.39, 0.29) is 6.54 Å². The van der Waals surface area contributed by atoms with Gasteiger partial charge in [0.15, 0.2) is 0 Å². The Hall–Kier alpha value is -3.87. The first-order valence-electron chi connectivity index (χ1n) is 9.91. The van der Waals surface area contributed by atoms with Crippen LogP contribution in [-0.4, -0.2) is 39.7 Å². The van der Waals surface area contributed by atoms with Crippen molar-refractivity contribution in [3.63, 3.8) is 0 Å². The van der Waals surface area contributed by atoms with Crippen LogP contribution in [0.25, 0.3) is 0 Å². The second kappa shape index (κ2) is 10.8. The molecule has 7 nitrogen and oxygen atoms in total. The van der Waals surface area contributed by atoms with Crippen molar-refractivity contribution in [2.24, 2.45) is 0 Å². The zero-order valence-electron chi connectivity index (χ0n) is 17.2. The summed E-state index contributed by atoms with van der Waals surface area (Å²) in [6, 6.07) is 20.4. The summed E-state index contributed by atoms with van der Waals surface area (Å²) in [6.45, 7) is 2.03. The number of carboxylic acids is 1. The summed E-state index contributed by atoms with van der Waals surface area (Å²) in [4.78, 5) is 29.5. The molecular formula is C24H24N2O5. The Labute approximate surface area is 180 Å². The number of hydrogen-bond acceptors (Lipinski definition) is 5. The molecule has 0 unspecified atom stereocenters. The molecule has 1 N–H and O–H groups in total. The fraction of sp³-hybridized carbons (Fsp3) is 0.208. The molecule has 1 heterocycles. The van der Waals surface area contributed by atoms with E-state index in [4.69, 9.17) is 9.47 Å². The lowest BCUT2D eigenvalue weighted by molar-refractivity contribution is -0.142. The van der Waals surface area contributed by atoms with Gasteiger partial charge in [-0.25, -0.2) is 9.59 Å². The van der Waals surface area contributed by atoms with Gasteiger partial charge in [-0.1, -0.05) is 36.4 Å². The van der Waals surface area contributed by atoms with Crippen LogP contribution in [0.5, 0.6) is 11.5 Å². The number of aromatic nitrogens is 1. The summed E-state index contributed by atoms with van der Waals surface area (Å²) in [5.74, 6) is -0.0735. The first-order chi connectivity index (χ1) is 15.0. The van der Waals surface area contributed by atoms with Gasteiger partial charge in [-0.2, -0.15) is 0 Å². The molecule has 2 aromatic carbocycles. The Morgan fingerprint density at radius 3 is 2.32 bits per heavy atom. The van der Waals surface area contributed by atoms with E-state index in [1.165, 1.54) is 11.8 Å². The standard InChI is InChI=1S/C24H24N2O5/c1-18(23(27)28)26(24(29)31-22-8-3-2-4-9-22)17-19-10-12-21(13-11-19)30-16-14-20-7-5-6-15-25-20/h2-13,15,18H,14,16-17H2,1H3,(H,27,28)/t18-/m0/s1. The Morgan fingerprint density at radius 2 is 1.68 bits per heavy atom. The van der Waals surface area contributed by atoms with E-state index in [1.54, 1.807) is 60.8 Å². The Balaban J connectivity index is 1.61. The minimum absolute atomic E-state index is 0.0906. The van der Waals surface area contributed by atoms with Crippen LogP contribution >= 0.6 is 0 Å². The number of benzene rings is 2. The number of carbonyl (C=O) groups excluding carboxylic acids is 1. The SMILES string of the molecule is C[C@@H](C(=O)O)N(Cc1ccc(OCCc2ccccn2)cc1)C(=O)Oc1ccccc1. The van der Waals surface area contributed by atoms with Crippen molar-refractivity contribution in [2.75, 3.05) is 6.61 Å². The number of aliphatic carboxylic acids is 1. The molecule has 1 atom stereocenters. The number of hydrogen-bond donors (Lipinski definition) is 1. The molecule has 31 heavy (non-hydrogen) atoms. The van der Waals surface area contributed by atoms with Crippen LogP contribution in [0.3, 0.4) is 0 Å². The maximum absolute atomic E-state index is 12.6. The second-order valence-electron chi connectivity index (χ2n) is 6.89. The van der Waals surface area contributed by atoms with Gasteiger partial charge in [0.05, 0.1) is 6.61 Å². The van der Waals surface area contributed by atoms with Crippen LogP contribution in [0, 0.1) is 0 Å². The molecule has 0 aliphatic carbocycles. The van der Waals surface area contributed by atoms with Gasteiger partial charge in [-0.05, 0) is 48.9 Å². The summed E-state index contributed by atoms with van der Waals surface area (Å²) in [7, 11) is 0. The molecule has 0 spiro atoms. The van der Waals surface area contributed by atoms with Crippen molar-refractivity contribution in [3.05, 3.63) is 90.3 Å².